The van der Waals surface area contributed by atoms with Gasteiger partial charge in [-0.1, -0.05) is 120 Å². The summed E-state index contributed by atoms with van der Waals surface area (Å²) in [5.74, 6) is 0. The zero-order valence-electron chi connectivity index (χ0n) is 25.7. The third kappa shape index (κ3) is 4.62. The first-order valence-corrected chi connectivity index (χ1v) is 15.9. The van der Waals surface area contributed by atoms with Crippen molar-refractivity contribution in [3.8, 4) is 28.1 Å². The Morgan fingerprint density at radius 3 is 1.79 bits per heavy atom. The first-order chi connectivity index (χ1) is 20.5. The van der Waals surface area contributed by atoms with Crippen molar-refractivity contribution in [1.29, 1.82) is 0 Å². The van der Waals surface area contributed by atoms with Crippen molar-refractivity contribution in [2.24, 2.45) is 0 Å². The van der Waals surface area contributed by atoms with Crippen LogP contribution < -0.4 is 0 Å². The Labute approximate surface area is 262 Å². The van der Waals surface area contributed by atoms with E-state index in [4.69, 9.17) is 0 Å². The summed E-state index contributed by atoms with van der Waals surface area (Å²) in [4.78, 5) is 3.87. The quantitative estimate of drug-likeness (QED) is 0.202. The van der Waals surface area contributed by atoms with E-state index in [9.17, 15) is 0 Å². The highest BCUT2D eigenvalue weighted by Gasteiger charge is 2.25. The molecule has 0 aliphatic heterocycles. The van der Waals surface area contributed by atoms with Crippen LogP contribution in [0.1, 0.15) is 52.7 Å². The highest BCUT2D eigenvalue weighted by molar-refractivity contribution is 9.10. The van der Waals surface area contributed by atoms with Crippen molar-refractivity contribution in [1.82, 2.24) is 9.55 Å². The molecule has 2 heterocycles. The van der Waals surface area contributed by atoms with Crippen molar-refractivity contribution in [3.05, 3.63) is 125 Å². The lowest BCUT2D eigenvalue weighted by atomic mass is 9.86. The predicted octanol–water partition coefficient (Wildman–Crippen LogP) is 12.0. The molecule has 214 valence electrons. The van der Waals surface area contributed by atoms with Crippen LogP contribution in [0.5, 0.6) is 0 Å². The Balaban J connectivity index is 1.69. The molecular weight excluding hydrogens is 588 g/mol. The van der Waals surface area contributed by atoms with Gasteiger partial charge >= 0.3 is 0 Å². The fourth-order valence-corrected chi connectivity index (χ4v) is 6.91. The molecule has 5 aromatic carbocycles. The Morgan fingerprint density at radius 1 is 0.605 bits per heavy atom. The topological polar surface area (TPSA) is 20.7 Å². The Bertz CT molecular complexity index is 2120. The summed E-state index contributed by atoms with van der Waals surface area (Å²) in [6.07, 6.45) is 0. The van der Waals surface area contributed by atoms with E-state index in [1.807, 2.05) is 0 Å². The first-order valence-electron chi connectivity index (χ1n) is 15.1. The van der Waals surface area contributed by atoms with E-state index in [0.717, 1.165) is 15.7 Å². The fourth-order valence-electron chi connectivity index (χ4n) is 6.38. The molecule has 0 bridgehead atoms. The molecule has 0 unspecified atom stereocenters. The molecule has 0 radical (unpaired) electrons. The summed E-state index contributed by atoms with van der Waals surface area (Å²) in [5, 5.41) is 3.74. The van der Waals surface area contributed by atoms with E-state index in [0.29, 0.717) is 0 Å². The van der Waals surface area contributed by atoms with Crippen LogP contribution in [0.25, 0.3) is 60.8 Å². The molecule has 3 heteroatoms. The van der Waals surface area contributed by atoms with Gasteiger partial charge in [0.05, 0.1) is 22.2 Å². The molecule has 7 rings (SSSR count). The Kier molecular flexibility index (Phi) is 6.45. The van der Waals surface area contributed by atoms with Gasteiger partial charge in [0, 0.05) is 31.9 Å². The molecule has 0 fully saturated rings. The molecule has 7 aromatic rings. The van der Waals surface area contributed by atoms with Crippen molar-refractivity contribution >= 4 is 48.6 Å². The molecule has 0 saturated carbocycles. The molecule has 0 amide bonds. The number of aromatic nitrogens is 2. The maximum absolute atomic E-state index is 4.01. The van der Waals surface area contributed by atoms with E-state index in [-0.39, 0.29) is 10.8 Å². The largest absolute Gasteiger partial charge is 0.353 e. The monoisotopic (exact) mass is 624 g/mol. The maximum Gasteiger partial charge on any atom is 0.0642 e. The van der Waals surface area contributed by atoms with Gasteiger partial charge in [-0.3, -0.25) is 0 Å². The highest BCUT2D eigenvalue weighted by Crippen LogP contribution is 2.47. The molecule has 0 aliphatic rings. The second-order valence-electron chi connectivity index (χ2n) is 13.7. The Hall–Kier alpha value is -4.08. The number of halogens is 1. The summed E-state index contributed by atoms with van der Waals surface area (Å²) in [6.45, 7) is 13.7. The summed E-state index contributed by atoms with van der Waals surface area (Å²) in [6, 6.07) is 40.0. The third-order valence-electron chi connectivity index (χ3n) is 8.74. The van der Waals surface area contributed by atoms with Gasteiger partial charge < -0.3 is 9.55 Å². The minimum absolute atomic E-state index is 0.0437. The van der Waals surface area contributed by atoms with E-state index in [2.05, 4.69) is 176 Å². The summed E-state index contributed by atoms with van der Waals surface area (Å²) in [5.41, 5.74) is 12.2. The molecule has 1 N–H and O–H groups in total. The number of fused-ring (bicyclic) bond motifs is 5. The maximum atomic E-state index is 4.01. The van der Waals surface area contributed by atoms with E-state index in [1.165, 1.54) is 60.7 Å². The molecule has 0 aliphatic carbocycles. The highest BCUT2D eigenvalue weighted by atomic mass is 79.9. The van der Waals surface area contributed by atoms with Crippen molar-refractivity contribution in [2.75, 3.05) is 0 Å². The molecule has 2 aromatic heterocycles. The van der Waals surface area contributed by atoms with Gasteiger partial charge in [0.2, 0.25) is 0 Å². The molecule has 0 atom stereocenters. The summed E-state index contributed by atoms with van der Waals surface area (Å²) < 4.78 is 3.55. The summed E-state index contributed by atoms with van der Waals surface area (Å²) in [7, 11) is 0. The van der Waals surface area contributed by atoms with Crippen LogP contribution in [0.2, 0.25) is 0 Å². The number of hydrogen-bond acceptors (Lipinski definition) is 0. The number of aromatic amines is 1. The number of nitrogens with zero attached hydrogens (tertiary/aromatic N) is 1. The van der Waals surface area contributed by atoms with Crippen LogP contribution in [0, 0.1) is 0 Å². The average Bonchev–Trinajstić information content (AvgIpc) is 3.54. The van der Waals surface area contributed by atoms with Gasteiger partial charge in [0.1, 0.15) is 0 Å². The third-order valence-corrected chi connectivity index (χ3v) is 9.36. The second-order valence-corrected chi connectivity index (χ2v) is 14.6. The van der Waals surface area contributed by atoms with E-state index < -0.39 is 0 Å². The lowest BCUT2D eigenvalue weighted by molar-refractivity contribution is 0.590. The molecule has 0 spiro atoms. The van der Waals surface area contributed by atoms with Crippen molar-refractivity contribution in [3.63, 3.8) is 0 Å². The van der Waals surface area contributed by atoms with Gasteiger partial charge in [-0.25, -0.2) is 0 Å². The van der Waals surface area contributed by atoms with E-state index >= 15 is 0 Å². The average molecular weight is 626 g/mol. The van der Waals surface area contributed by atoms with Crippen LogP contribution >= 0.6 is 15.9 Å². The zero-order chi connectivity index (χ0) is 30.1. The van der Waals surface area contributed by atoms with Crippen LogP contribution in [-0.4, -0.2) is 9.55 Å². The minimum atomic E-state index is 0.0437. The number of nitrogens with one attached hydrogen (secondary N) is 1. The fraction of sp³-hybridized carbons (Fsp3) is 0.200. The molecule has 43 heavy (non-hydrogen) atoms. The van der Waals surface area contributed by atoms with E-state index in [1.54, 1.807) is 0 Å². The van der Waals surface area contributed by atoms with Crippen LogP contribution in [0.15, 0.2) is 114 Å². The number of H-pyrrole nitrogens is 1. The van der Waals surface area contributed by atoms with Crippen LogP contribution in [0.4, 0.5) is 0 Å². The molecule has 0 saturated heterocycles. The molecular formula is C40H37BrN2. The minimum Gasteiger partial charge on any atom is -0.353 e. The number of hydrogen-bond donors (Lipinski definition) is 1. The van der Waals surface area contributed by atoms with Crippen molar-refractivity contribution in [2.45, 2.75) is 52.4 Å². The lowest BCUT2D eigenvalue weighted by Gasteiger charge is -2.20. The SMILES string of the molecule is CC(C)(C)c1ccc(-n2c3ccc(C(C)(C)C)cc3c3cc(Br)c4[nH]c(-c5ccccc5)c(-c5ccccc5)c4c32)cc1. The first kappa shape index (κ1) is 27.7. The zero-order valence-corrected chi connectivity index (χ0v) is 27.3. The predicted molar refractivity (Wildman–Crippen MR) is 189 cm³/mol. The normalized spacial score (nSPS) is 12.5. The smallest absolute Gasteiger partial charge is 0.0642 e. The van der Waals surface area contributed by atoms with Gasteiger partial charge in [0.15, 0.2) is 0 Å². The molecule has 2 nitrogen and oxygen atoms in total. The van der Waals surface area contributed by atoms with Crippen LogP contribution in [0.3, 0.4) is 0 Å². The lowest BCUT2D eigenvalue weighted by Crippen LogP contribution is -2.11. The van der Waals surface area contributed by atoms with Gasteiger partial charge in [-0.2, -0.15) is 0 Å². The Morgan fingerprint density at radius 2 is 1.19 bits per heavy atom. The van der Waals surface area contributed by atoms with Crippen molar-refractivity contribution < 1.29 is 0 Å². The van der Waals surface area contributed by atoms with Gasteiger partial charge in [-0.05, 0) is 79.3 Å². The standard InChI is InChI=1S/C40H37BrN2/c1-39(2,3)27-17-20-29(21-18-27)43-33-22-19-28(40(4,5)6)23-30(33)31-24-32(41)37-35(38(31)43)34(25-13-9-7-10-14-25)36(42-37)26-15-11-8-12-16-26/h7-24,42H,1-6H3. The number of benzene rings is 5. The van der Waals surface area contributed by atoms with Gasteiger partial charge in [-0.15, -0.1) is 0 Å². The second kappa shape index (κ2) is 9.99. The number of rotatable bonds is 3. The van der Waals surface area contributed by atoms with Gasteiger partial charge in [0.25, 0.3) is 0 Å². The van der Waals surface area contributed by atoms with Crippen LogP contribution in [-0.2, 0) is 10.8 Å². The summed E-state index contributed by atoms with van der Waals surface area (Å²) >= 11 is 4.01.